The van der Waals surface area contributed by atoms with Crippen molar-refractivity contribution in [2.24, 2.45) is 0 Å². The molecule has 2 heterocycles. The Morgan fingerprint density at radius 3 is 1.85 bits per heavy atom. The Bertz CT molecular complexity index is 2220. The first-order chi connectivity index (χ1) is 22.6. The van der Waals surface area contributed by atoms with Crippen molar-refractivity contribution in [3.8, 4) is 22.6 Å². The van der Waals surface area contributed by atoms with Gasteiger partial charge in [-0.2, -0.15) is 0 Å². The van der Waals surface area contributed by atoms with Gasteiger partial charge in [-0.1, -0.05) is 117 Å². The molecule has 0 amide bonds. The summed E-state index contributed by atoms with van der Waals surface area (Å²) in [5, 5.41) is 2.38. The lowest BCUT2D eigenvalue weighted by Crippen LogP contribution is -2.33. The van der Waals surface area contributed by atoms with E-state index in [-0.39, 0.29) is 5.41 Å². The lowest BCUT2D eigenvalue weighted by molar-refractivity contribution is 0.472. The van der Waals surface area contributed by atoms with E-state index in [1.165, 1.54) is 38.7 Å². The predicted molar refractivity (Wildman–Crippen MR) is 191 cm³/mol. The zero-order chi connectivity index (χ0) is 30.8. The van der Waals surface area contributed by atoms with Gasteiger partial charge in [0.2, 0.25) is 0 Å². The van der Waals surface area contributed by atoms with Crippen LogP contribution in [0.15, 0.2) is 158 Å². The number of hydrogen-bond acceptors (Lipinski definition) is 3. The molecule has 0 aromatic heterocycles. The highest BCUT2D eigenvalue weighted by molar-refractivity contribution is 6.07. The highest BCUT2D eigenvalue weighted by Gasteiger charge is 2.43. The maximum atomic E-state index is 6.73. The second-order valence-electron chi connectivity index (χ2n) is 12.6. The number of hydrogen-bond donors (Lipinski definition) is 0. The Morgan fingerprint density at radius 1 is 0.522 bits per heavy atom. The van der Waals surface area contributed by atoms with E-state index < -0.39 is 0 Å². The van der Waals surface area contributed by atoms with Crippen LogP contribution in [-0.4, -0.2) is 0 Å². The number of fused-ring (bicyclic) bond motifs is 6. The van der Waals surface area contributed by atoms with E-state index in [0.717, 1.165) is 39.9 Å². The number of benzene rings is 7. The summed E-state index contributed by atoms with van der Waals surface area (Å²) in [5.41, 5.74) is 11.5. The molecule has 0 fully saturated rings. The van der Waals surface area contributed by atoms with E-state index in [4.69, 9.17) is 4.74 Å². The molecule has 220 valence electrons. The predicted octanol–water partition coefficient (Wildman–Crippen LogP) is 12.2. The fraction of sp³-hybridized carbons (Fsp3) is 0.0698. The number of anilines is 6. The minimum absolute atomic E-state index is 0.266. The summed E-state index contributed by atoms with van der Waals surface area (Å²) in [4.78, 5) is 4.76. The van der Waals surface area contributed by atoms with Gasteiger partial charge in [-0.25, -0.2) is 0 Å². The fourth-order valence-electron chi connectivity index (χ4n) is 7.49. The van der Waals surface area contributed by atoms with Gasteiger partial charge in [0.15, 0.2) is 11.5 Å². The molecule has 0 spiro atoms. The molecule has 3 nitrogen and oxygen atoms in total. The van der Waals surface area contributed by atoms with E-state index in [2.05, 4.69) is 181 Å². The van der Waals surface area contributed by atoms with E-state index in [9.17, 15) is 0 Å². The molecular formula is C43H32N2O. The molecule has 3 heteroatoms. The highest BCUT2D eigenvalue weighted by Crippen LogP contribution is 2.62. The van der Waals surface area contributed by atoms with Crippen molar-refractivity contribution in [3.63, 3.8) is 0 Å². The largest absolute Gasteiger partial charge is 0.453 e. The van der Waals surface area contributed by atoms with Crippen LogP contribution < -0.4 is 14.5 Å². The van der Waals surface area contributed by atoms with E-state index in [0.29, 0.717) is 0 Å². The third kappa shape index (κ3) is 3.92. The number of para-hydroxylation sites is 3. The number of rotatable bonds is 4. The highest BCUT2D eigenvalue weighted by atomic mass is 16.5. The summed E-state index contributed by atoms with van der Waals surface area (Å²) in [6.45, 7) is 4.70. The van der Waals surface area contributed by atoms with Gasteiger partial charge in [0.25, 0.3) is 0 Å². The topological polar surface area (TPSA) is 15.7 Å². The van der Waals surface area contributed by atoms with Crippen LogP contribution in [0.5, 0.6) is 11.5 Å². The van der Waals surface area contributed by atoms with Crippen LogP contribution in [0.3, 0.4) is 0 Å². The first-order valence-corrected chi connectivity index (χ1v) is 15.9. The smallest absolute Gasteiger partial charge is 0.152 e. The maximum Gasteiger partial charge on any atom is 0.152 e. The minimum Gasteiger partial charge on any atom is -0.453 e. The van der Waals surface area contributed by atoms with Crippen molar-refractivity contribution in [2.75, 3.05) is 9.80 Å². The molecule has 0 atom stereocenters. The van der Waals surface area contributed by atoms with Crippen LogP contribution in [0.4, 0.5) is 34.1 Å². The molecule has 0 radical (unpaired) electrons. The molecule has 7 aromatic carbocycles. The van der Waals surface area contributed by atoms with Crippen molar-refractivity contribution in [1.82, 2.24) is 0 Å². The van der Waals surface area contributed by atoms with Crippen LogP contribution in [0.1, 0.15) is 25.0 Å². The average Bonchev–Trinajstić information content (AvgIpc) is 3.11. The first kappa shape index (κ1) is 26.6. The third-order valence-corrected chi connectivity index (χ3v) is 9.58. The minimum atomic E-state index is -0.266. The van der Waals surface area contributed by atoms with Gasteiger partial charge < -0.3 is 14.5 Å². The molecule has 9 rings (SSSR count). The van der Waals surface area contributed by atoms with Crippen LogP contribution in [0.25, 0.3) is 21.9 Å². The van der Waals surface area contributed by atoms with Gasteiger partial charge in [0, 0.05) is 27.9 Å². The van der Waals surface area contributed by atoms with Crippen LogP contribution >= 0.6 is 0 Å². The summed E-state index contributed by atoms with van der Waals surface area (Å²) in [7, 11) is 0. The van der Waals surface area contributed by atoms with E-state index in [1.54, 1.807) is 0 Å². The lowest BCUT2D eigenvalue weighted by atomic mass is 9.70. The molecule has 0 N–H and O–H groups in total. The van der Waals surface area contributed by atoms with Gasteiger partial charge in [-0.3, -0.25) is 0 Å². The van der Waals surface area contributed by atoms with E-state index >= 15 is 0 Å². The monoisotopic (exact) mass is 592 g/mol. The molecule has 7 aromatic rings. The van der Waals surface area contributed by atoms with Crippen molar-refractivity contribution >= 4 is 44.9 Å². The summed E-state index contributed by atoms with van der Waals surface area (Å²) < 4.78 is 6.73. The lowest BCUT2D eigenvalue weighted by Gasteiger charge is -2.46. The van der Waals surface area contributed by atoms with E-state index in [1.807, 2.05) is 0 Å². The normalized spacial score (nSPS) is 13.7. The van der Waals surface area contributed by atoms with Gasteiger partial charge in [-0.15, -0.1) is 0 Å². The van der Waals surface area contributed by atoms with Gasteiger partial charge >= 0.3 is 0 Å². The van der Waals surface area contributed by atoms with Gasteiger partial charge in [0.05, 0.1) is 17.1 Å². The molecule has 0 saturated carbocycles. The Kier molecular flexibility index (Phi) is 5.85. The second-order valence-corrected chi connectivity index (χ2v) is 12.6. The SMILES string of the molecule is CC1(C)c2ccccc2N2c3c(ccc(-c4ccc(N(c5ccccc5)c5ccccc5)cc4)c31)Oc1ccc3ccccc3c12. The molecule has 0 unspecified atom stereocenters. The summed E-state index contributed by atoms with van der Waals surface area (Å²) in [5.74, 6) is 1.77. The van der Waals surface area contributed by atoms with Gasteiger partial charge in [0.1, 0.15) is 0 Å². The number of ether oxygens (including phenoxy) is 1. The second kappa shape index (κ2) is 10.1. The first-order valence-electron chi connectivity index (χ1n) is 15.9. The zero-order valence-corrected chi connectivity index (χ0v) is 25.8. The van der Waals surface area contributed by atoms with Crippen molar-refractivity contribution in [1.29, 1.82) is 0 Å². The molecular weight excluding hydrogens is 560 g/mol. The Hall–Kier alpha value is -5.80. The summed E-state index contributed by atoms with van der Waals surface area (Å²) in [6.07, 6.45) is 0. The molecule has 0 bridgehead atoms. The number of nitrogens with zero attached hydrogens (tertiary/aromatic N) is 2. The molecule has 2 aliphatic heterocycles. The van der Waals surface area contributed by atoms with Crippen molar-refractivity contribution < 1.29 is 4.74 Å². The average molecular weight is 593 g/mol. The van der Waals surface area contributed by atoms with Gasteiger partial charge in [-0.05, 0) is 82.2 Å². The Labute approximate surface area is 269 Å². The van der Waals surface area contributed by atoms with Crippen molar-refractivity contribution in [3.05, 3.63) is 169 Å². The Balaban J connectivity index is 1.24. The standard InChI is InChI=1S/C43H32N2O/c1-43(2)36-19-11-12-20-37(36)45-41-35-18-10-9-13-29(35)23-27-38(41)46-39-28-26-34(40(43)42(39)45)30-21-24-33(25-22-30)44(31-14-5-3-6-15-31)32-16-7-4-8-17-32/h3-28H,1-2H3. The third-order valence-electron chi connectivity index (χ3n) is 9.58. The van der Waals surface area contributed by atoms with Crippen molar-refractivity contribution in [2.45, 2.75) is 19.3 Å². The summed E-state index contributed by atoms with van der Waals surface area (Å²) >= 11 is 0. The van der Waals surface area contributed by atoms with Crippen LogP contribution in [0, 0.1) is 0 Å². The molecule has 46 heavy (non-hydrogen) atoms. The Morgan fingerprint density at radius 2 is 1.11 bits per heavy atom. The van der Waals surface area contributed by atoms with Crippen LogP contribution in [-0.2, 0) is 5.41 Å². The van der Waals surface area contributed by atoms with Crippen LogP contribution in [0.2, 0.25) is 0 Å². The quantitative estimate of drug-likeness (QED) is 0.202. The molecule has 0 aliphatic carbocycles. The summed E-state index contributed by atoms with van der Waals surface area (Å²) in [6, 6.07) is 56.2. The molecule has 2 aliphatic rings. The fourth-order valence-corrected chi connectivity index (χ4v) is 7.49. The maximum absolute atomic E-state index is 6.73. The molecule has 0 saturated heterocycles. The zero-order valence-electron chi connectivity index (χ0n) is 25.8.